The van der Waals surface area contributed by atoms with Crippen molar-refractivity contribution in [2.45, 2.75) is 31.9 Å². The van der Waals surface area contributed by atoms with Crippen LogP contribution in [0.4, 0.5) is 26.3 Å². The molecule has 0 unspecified atom stereocenters. The van der Waals surface area contributed by atoms with E-state index in [9.17, 15) is 26.3 Å². The molecule has 0 saturated heterocycles. The lowest BCUT2D eigenvalue weighted by atomic mass is 10.2. The Labute approximate surface area is 92.2 Å². The quantitative estimate of drug-likeness (QED) is 0.789. The summed E-state index contributed by atoms with van der Waals surface area (Å²) < 4.78 is 74.4. The van der Waals surface area contributed by atoms with Crippen molar-refractivity contribution < 1.29 is 26.3 Å². The Morgan fingerprint density at radius 1 is 1.06 bits per heavy atom. The molecule has 0 fully saturated rings. The first-order valence-electron chi connectivity index (χ1n) is 4.37. The molecule has 0 aromatic carbocycles. The van der Waals surface area contributed by atoms with E-state index in [1.807, 2.05) is 0 Å². The predicted octanol–water partition coefficient (Wildman–Crippen LogP) is 2.57. The van der Waals surface area contributed by atoms with Gasteiger partial charge >= 0.3 is 12.4 Å². The van der Waals surface area contributed by atoms with Gasteiger partial charge in [0.25, 0.3) is 0 Å². The van der Waals surface area contributed by atoms with Gasteiger partial charge in [-0.3, -0.25) is 0 Å². The lowest BCUT2D eigenvalue weighted by Crippen LogP contribution is -2.40. The molecule has 0 aliphatic heterocycles. The normalized spacial score (nSPS) is 14.2. The van der Waals surface area contributed by atoms with Crippen molar-refractivity contribution in [2.75, 3.05) is 0 Å². The minimum absolute atomic E-state index is 0.0609. The number of halogens is 6. The Hall–Kier alpha value is -1.25. The van der Waals surface area contributed by atoms with Gasteiger partial charge in [0, 0.05) is 6.07 Å². The molecule has 2 N–H and O–H groups in total. The van der Waals surface area contributed by atoms with Crippen LogP contribution in [0.2, 0.25) is 0 Å². The Morgan fingerprint density at radius 2 is 1.53 bits per heavy atom. The van der Waals surface area contributed by atoms with Gasteiger partial charge in [0.2, 0.25) is 0 Å². The molecule has 1 aromatic heterocycles. The maximum atomic E-state index is 12.5. The highest BCUT2D eigenvalue weighted by molar-refractivity contribution is 5.17. The summed E-state index contributed by atoms with van der Waals surface area (Å²) in [4.78, 5) is 0. The molecule has 1 aromatic rings. The molecule has 0 atom stereocenters. The van der Waals surface area contributed by atoms with E-state index in [0.29, 0.717) is 0 Å². The van der Waals surface area contributed by atoms with Crippen LogP contribution >= 0.6 is 0 Å². The van der Waals surface area contributed by atoms with E-state index in [4.69, 9.17) is 5.73 Å². The van der Waals surface area contributed by atoms with Crippen LogP contribution in [-0.4, -0.2) is 9.78 Å². The summed E-state index contributed by atoms with van der Waals surface area (Å²) in [7, 11) is 0. The standard InChI is InChI=1S/C8H9F6N3/c1-6(2,15)17-5(8(12,13)14)3-4(16-17)7(9,10)11/h3H,15H2,1-2H3. The number of alkyl halides is 6. The summed E-state index contributed by atoms with van der Waals surface area (Å²) in [5.41, 5.74) is 0.506. The number of nitrogens with two attached hydrogens (primary N) is 1. The van der Waals surface area contributed by atoms with Crippen LogP contribution in [0.15, 0.2) is 6.07 Å². The van der Waals surface area contributed by atoms with Gasteiger partial charge in [-0.1, -0.05) is 0 Å². The Morgan fingerprint density at radius 3 is 1.76 bits per heavy atom. The molecule has 0 saturated carbocycles. The predicted molar refractivity (Wildman–Crippen MR) is 45.7 cm³/mol. The zero-order valence-corrected chi connectivity index (χ0v) is 8.82. The SMILES string of the molecule is CC(C)(N)n1nc(C(F)(F)F)cc1C(F)(F)F. The number of hydrogen-bond donors (Lipinski definition) is 1. The first-order valence-corrected chi connectivity index (χ1v) is 4.37. The first kappa shape index (κ1) is 13.8. The van der Waals surface area contributed by atoms with Gasteiger partial charge in [-0.15, -0.1) is 0 Å². The van der Waals surface area contributed by atoms with E-state index in [1.54, 1.807) is 0 Å². The van der Waals surface area contributed by atoms with Crippen molar-refractivity contribution in [2.24, 2.45) is 5.73 Å². The Kier molecular flexibility index (Phi) is 2.94. The maximum Gasteiger partial charge on any atom is 0.435 e. The fraction of sp³-hybridized carbons (Fsp3) is 0.625. The molecule has 1 rings (SSSR count). The summed E-state index contributed by atoms with van der Waals surface area (Å²) in [5, 5.41) is 2.87. The van der Waals surface area contributed by atoms with Crippen molar-refractivity contribution in [3.05, 3.63) is 17.5 Å². The van der Waals surface area contributed by atoms with E-state index in [2.05, 4.69) is 5.10 Å². The van der Waals surface area contributed by atoms with E-state index in [-0.39, 0.29) is 10.7 Å². The number of rotatable bonds is 1. The molecule has 0 aliphatic carbocycles. The summed E-state index contributed by atoms with van der Waals surface area (Å²) in [6.07, 6.45) is -9.90. The zero-order chi connectivity index (χ0) is 13.6. The largest absolute Gasteiger partial charge is 0.435 e. The molecule has 3 nitrogen and oxygen atoms in total. The van der Waals surface area contributed by atoms with Gasteiger partial charge in [-0.25, -0.2) is 4.68 Å². The van der Waals surface area contributed by atoms with Gasteiger partial charge in [-0.2, -0.15) is 31.4 Å². The highest BCUT2D eigenvalue weighted by Crippen LogP contribution is 2.36. The smallest absolute Gasteiger partial charge is 0.308 e. The fourth-order valence-electron chi connectivity index (χ4n) is 1.16. The van der Waals surface area contributed by atoms with Crippen LogP contribution in [0.3, 0.4) is 0 Å². The highest BCUT2D eigenvalue weighted by Gasteiger charge is 2.43. The molecule has 1 heterocycles. The average molecular weight is 261 g/mol. The molecule has 17 heavy (non-hydrogen) atoms. The third kappa shape index (κ3) is 2.90. The van der Waals surface area contributed by atoms with E-state index < -0.39 is 29.4 Å². The molecule has 0 amide bonds. The lowest BCUT2D eigenvalue weighted by Gasteiger charge is -2.23. The van der Waals surface area contributed by atoms with Gasteiger partial charge in [0.1, 0.15) is 11.4 Å². The van der Waals surface area contributed by atoms with E-state index in [1.165, 1.54) is 0 Å². The minimum Gasteiger partial charge on any atom is -0.308 e. The second-order valence-electron chi connectivity index (χ2n) is 3.98. The van der Waals surface area contributed by atoms with Crippen molar-refractivity contribution >= 4 is 0 Å². The monoisotopic (exact) mass is 261 g/mol. The van der Waals surface area contributed by atoms with Crippen molar-refractivity contribution in [1.29, 1.82) is 0 Å². The van der Waals surface area contributed by atoms with Crippen LogP contribution < -0.4 is 5.73 Å². The van der Waals surface area contributed by atoms with Crippen molar-refractivity contribution in [3.8, 4) is 0 Å². The molecular formula is C8H9F6N3. The van der Waals surface area contributed by atoms with Crippen molar-refractivity contribution in [1.82, 2.24) is 9.78 Å². The van der Waals surface area contributed by atoms with Gasteiger partial charge in [0.05, 0.1) is 0 Å². The Bertz CT molecular complexity index is 377. The Balaban J connectivity index is 3.44. The van der Waals surface area contributed by atoms with Crippen LogP contribution in [0, 0.1) is 0 Å². The molecule has 98 valence electrons. The van der Waals surface area contributed by atoms with Crippen LogP contribution in [0.1, 0.15) is 25.2 Å². The molecule has 0 radical (unpaired) electrons. The summed E-state index contributed by atoms with van der Waals surface area (Å²) in [6.45, 7) is 2.24. The van der Waals surface area contributed by atoms with E-state index in [0.717, 1.165) is 13.8 Å². The second-order valence-corrected chi connectivity index (χ2v) is 3.98. The third-order valence-electron chi connectivity index (χ3n) is 1.84. The first-order chi connectivity index (χ1) is 7.33. The fourth-order valence-corrected chi connectivity index (χ4v) is 1.16. The number of hydrogen-bond acceptors (Lipinski definition) is 2. The summed E-state index contributed by atoms with van der Waals surface area (Å²) in [5.74, 6) is 0. The van der Waals surface area contributed by atoms with Gasteiger partial charge < -0.3 is 5.73 Å². The minimum atomic E-state index is -4.95. The highest BCUT2D eigenvalue weighted by atomic mass is 19.4. The van der Waals surface area contributed by atoms with Crippen molar-refractivity contribution in [3.63, 3.8) is 0 Å². The van der Waals surface area contributed by atoms with Crippen LogP contribution in [0.25, 0.3) is 0 Å². The summed E-state index contributed by atoms with van der Waals surface area (Å²) in [6, 6.07) is -0.0609. The second kappa shape index (κ2) is 3.62. The maximum absolute atomic E-state index is 12.5. The number of nitrogens with zero attached hydrogens (tertiary/aromatic N) is 2. The van der Waals surface area contributed by atoms with Gasteiger partial charge in [-0.05, 0) is 13.8 Å². The number of aromatic nitrogens is 2. The van der Waals surface area contributed by atoms with E-state index >= 15 is 0 Å². The zero-order valence-electron chi connectivity index (χ0n) is 8.82. The third-order valence-corrected chi connectivity index (χ3v) is 1.84. The molecule has 0 bridgehead atoms. The molecular weight excluding hydrogens is 252 g/mol. The lowest BCUT2D eigenvalue weighted by molar-refractivity contribution is -0.146. The average Bonchev–Trinajstić information content (AvgIpc) is 2.42. The molecule has 0 aliphatic rings. The summed E-state index contributed by atoms with van der Waals surface area (Å²) >= 11 is 0. The van der Waals surface area contributed by atoms with Gasteiger partial charge in [0.15, 0.2) is 5.69 Å². The molecule has 9 heteroatoms. The van der Waals surface area contributed by atoms with Crippen LogP contribution in [-0.2, 0) is 18.0 Å². The topological polar surface area (TPSA) is 43.8 Å². The van der Waals surface area contributed by atoms with Crippen LogP contribution in [0.5, 0.6) is 0 Å². The molecule has 0 spiro atoms.